The monoisotopic (exact) mass is 322 g/mol. The SMILES string of the molecule is CCCc1nc2sc(C)c(C)c2c(=O)n1CC(C)(C)C(=O)O. The minimum Gasteiger partial charge on any atom is -0.481 e. The minimum atomic E-state index is -1.01. The Morgan fingerprint density at radius 3 is 2.55 bits per heavy atom. The van der Waals surface area contributed by atoms with Crippen molar-refractivity contribution in [1.29, 1.82) is 0 Å². The van der Waals surface area contributed by atoms with Gasteiger partial charge in [-0.3, -0.25) is 14.2 Å². The third kappa shape index (κ3) is 2.79. The van der Waals surface area contributed by atoms with Crippen molar-refractivity contribution in [1.82, 2.24) is 9.55 Å². The van der Waals surface area contributed by atoms with Crippen LogP contribution in [0.1, 0.15) is 43.5 Å². The van der Waals surface area contributed by atoms with Crippen molar-refractivity contribution >= 4 is 27.5 Å². The molecule has 0 saturated carbocycles. The number of hydrogen-bond acceptors (Lipinski definition) is 4. The van der Waals surface area contributed by atoms with Crippen molar-refractivity contribution in [2.45, 2.75) is 54.0 Å². The predicted octanol–water partition coefficient (Wildman–Crippen LogP) is 3.14. The van der Waals surface area contributed by atoms with E-state index >= 15 is 0 Å². The number of thiophene rings is 1. The first-order chi connectivity index (χ1) is 10.2. The summed E-state index contributed by atoms with van der Waals surface area (Å²) in [5.41, 5.74) is -0.187. The fourth-order valence-corrected chi connectivity index (χ4v) is 3.45. The molecule has 2 rings (SSSR count). The molecular formula is C16H22N2O3S. The Morgan fingerprint density at radius 2 is 2.00 bits per heavy atom. The fraction of sp³-hybridized carbons (Fsp3) is 0.562. The lowest BCUT2D eigenvalue weighted by atomic mass is 9.93. The quantitative estimate of drug-likeness (QED) is 0.918. The summed E-state index contributed by atoms with van der Waals surface area (Å²) < 4.78 is 1.55. The lowest BCUT2D eigenvalue weighted by molar-refractivity contribution is -0.147. The molecule has 0 aliphatic carbocycles. The molecule has 0 aliphatic rings. The average molecular weight is 322 g/mol. The second-order valence-electron chi connectivity index (χ2n) is 6.32. The molecule has 0 fully saturated rings. The molecule has 0 aliphatic heterocycles. The van der Waals surface area contributed by atoms with Gasteiger partial charge in [-0.1, -0.05) is 6.92 Å². The second kappa shape index (κ2) is 5.83. The van der Waals surface area contributed by atoms with Gasteiger partial charge in [0.25, 0.3) is 5.56 Å². The van der Waals surface area contributed by atoms with Crippen molar-refractivity contribution < 1.29 is 9.90 Å². The van der Waals surface area contributed by atoms with E-state index in [1.54, 1.807) is 18.4 Å². The molecular weight excluding hydrogens is 300 g/mol. The molecule has 0 atom stereocenters. The van der Waals surface area contributed by atoms with Gasteiger partial charge in [0.2, 0.25) is 0 Å². The molecule has 6 heteroatoms. The molecule has 5 nitrogen and oxygen atoms in total. The highest BCUT2D eigenvalue weighted by atomic mass is 32.1. The van der Waals surface area contributed by atoms with Crippen LogP contribution in [-0.2, 0) is 17.8 Å². The van der Waals surface area contributed by atoms with Gasteiger partial charge < -0.3 is 5.11 Å². The van der Waals surface area contributed by atoms with E-state index in [0.29, 0.717) is 17.6 Å². The molecule has 0 saturated heterocycles. The van der Waals surface area contributed by atoms with E-state index in [9.17, 15) is 14.7 Å². The molecule has 2 aromatic rings. The van der Waals surface area contributed by atoms with Crippen molar-refractivity contribution in [2.24, 2.45) is 5.41 Å². The zero-order valence-corrected chi connectivity index (χ0v) is 14.5. The van der Waals surface area contributed by atoms with Crippen LogP contribution in [-0.4, -0.2) is 20.6 Å². The van der Waals surface area contributed by atoms with E-state index in [0.717, 1.165) is 21.7 Å². The Balaban J connectivity index is 2.72. The summed E-state index contributed by atoms with van der Waals surface area (Å²) in [5, 5.41) is 9.98. The molecule has 0 bridgehead atoms. The topological polar surface area (TPSA) is 72.2 Å². The molecule has 0 radical (unpaired) electrons. The van der Waals surface area contributed by atoms with Gasteiger partial charge in [-0.05, 0) is 39.7 Å². The van der Waals surface area contributed by atoms with Crippen LogP contribution >= 0.6 is 11.3 Å². The van der Waals surface area contributed by atoms with E-state index in [2.05, 4.69) is 4.98 Å². The van der Waals surface area contributed by atoms with E-state index in [-0.39, 0.29) is 12.1 Å². The highest BCUT2D eigenvalue weighted by Crippen LogP contribution is 2.27. The third-order valence-electron chi connectivity index (χ3n) is 3.97. The van der Waals surface area contributed by atoms with E-state index in [1.807, 2.05) is 20.8 Å². The number of carboxylic acid groups (broad SMARTS) is 1. The highest BCUT2D eigenvalue weighted by Gasteiger charge is 2.30. The molecule has 2 heterocycles. The van der Waals surface area contributed by atoms with Gasteiger partial charge in [0.1, 0.15) is 10.7 Å². The van der Waals surface area contributed by atoms with Crippen molar-refractivity contribution in [3.63, 3.8) is 0 Å². The Bertz CT molecular complexity index is 787. The van der Waals surface area contributed by atoms with Gasteiger partial charge in [0, 0.05) is 17.8 Å². The Hall–Kier alpha value is -1.69. The number of aryl methyl sites for hydroxylation is 3. The first-order valence-corrected chi connectivity index (χ1v) is 8.23. The predicted molar refractivity (Wildman–Crippen MR) is 88.8 cm³/mol. The maximum absolute atomic E-state index is 12.9. The number of aliphatic carboxylic acids is 1. The molecule has 0 unspecified atom stereocenters. The maximum Gasteiger partial charge on any atom is 0.310 e. The maximum atomic E-state index is 12.9. The standard InChI is InChI=1S/C16H22N2O3S/c1-6-7-11-17-13-12(9(2)10(3)22-13)14(19)18(11)8-16(4,5)15(20)21/h6-8H2,1-5H3,(H,20,21). The summed E-state index contributed by atoms with van der Waals surface area (Å²) in [6.45, 7) is 9.32. The Kier molecular flexibility index (Phi) is 4.42. The number of nitrogens with zero attached hydrogens (tertiary/aromatic N) is 2. The van der Waals surface area contributed by atoms with E-state index in [4.69, 9.17) is 0 Å². The number of hydrogen-bond donors (Lipinski definition) is 1. The van der Waals surface area contributed by atoms with Crippen LogP contribution in [0.25, 0.3) is 10.2 Å². The molecule has 0 spiro atoms. The zero-order valence-electron chi connectivity index (χ0n) is 13.7. The molecule has 1 N–H and O–H groups in total. The number of aromatic nitrogens is 2. The lowest BCUT2D eigenvalue weighted by Gasteiger charge is -2.22. The molecule has 0 aromatic carbocycles. The first kappa shape index (κ1) is 16.7. The van der Waals surface area contributed by atoms with Gasteiger partial charge >= 0.3 is 5.97 Å². The van der Waals surface area contributed by atoms with Gasteiger partial charge in [0.15, 0.2) is 0 Å². The summed E-state index contributed by atoms with van der Waals surface area (Å²) in [4.78, 5) is 30.8. The summed E-state index contributed by atoms with van der Waals surface area (Å²) >= 11 is 1.53. The van der Waals surface area contributed by atoms with Crippen LogP contribution in [0.4, 0.5) is 0 Å². The molecule has 22 heavy (non-hydrogen) atoms. The van der Waals surface area contributed by atoms with Gasteiger partial charge in [-0.2, -0.15) is 0 Å². The zero-order chi connectivity index (χ0) is 16.7. The van der Waals surface area contributed by atoms with Gasteiger partial charge in [0.05, 0.1) is 10.8 Å². The minimum absolute atomic E-state index is 0.121. The average Bonchev–Trinajstić information content (AvgIpc) is 2.70. The van der Waals surface area contributed by atoms with Gasteiger partial charge in [-0.15, -0.1) is 11.3 Å². The van der Waals surface area contributed by atoms with Crippen LogP contribution in [0.15, 0.2) is 4.79 Å². The smallest absolute Gasteiger partial charge is 0.310 e. The normalized spacial score (nSPS) is 12.0. The van der Waals surface area contributed by atoms with Crippen LogP contribution in [0, 0.1) is 19.3 Å². The van der Waals surface area contributed by atoms with Crippen LogP contribution < -0.4 is 5.56 Å². The summed E-state index contributed by atoms with van der Waals surface area (Å²) in [7, 11) is 0. The number of rotatable bonds is 5. The highest BCUT2D eigenvalue weighted by molar-refractivity contribution is 7.18. The van der Waals surface area contributed by atoms with Crippen LogP contribution in [0.3, 0.4) is 0 Å². The molecule has 120 valence electrons. The Labute approximate surface area is 133 Å². The number of carboxylic acids is 1. The Morgan fingerprint density at radius 1 is 1.36 bits per heavy atom. The second-order valence-corrected chi connectivity index (χ2v) is 7.52. The largest absolute Gasteiger partial charge is 0.481 e. The lowest BCUT2D eigenvalue weighted by Crippen LogP contribution is -2.36. The van der Waals surface area contributed by atoms with Crippen molar-refractivity contribution in [3.8, 4) is 0 Å². The fourth-order valence-electron chi connectivity index (χ4n) is 2.41. The van der Waals surface area contributed by atoms with Gasteiger partial charge in [-0.25, -0.2) is 4.98 Å². The van der Waals surface area contributed by atoms with Crippen LogP contribution in [0.5, 0.6) is 0 Å². The number of fused-ring (bicyclic) bond motifs is 1. The first-order valence-electron chi connectivity index (χ1n) is 7.41. The van der Waals surface area contributed by atoms with E-state index < -0.39 is 11.4 Å². The number of carbonyl (C=O) groups is 1. The van der Waals surface area contributed by atoms with Crippen molar-refractivity contribution in [3.05, 3.63) is 26.6 Å². The summed E-state index contributed by atoms with van der Waals surface area (Å²) in [6.07, 6.45) is 1.52. The molecule has 2 aromatic heterocycles. The molecule has 0 amide bonds. The van der Waals surface area contributed by atoms with Crippen molar-refractivity contribution in [2.75, 3.05) is 0 Å². The summed E-state index contributed by atoms with van der Waals surface area (Å²) in [5.74, 6) is -0.240. The van der Waals surface area contributed by atoms with Crippen LogP contribution in [0.2, 0.25) is 0 Å². The summed E-state index contributed by atoms with van der Waals surface area (Å²) in [6, 6.07) is 0. The third-order valence-corrected chi connectivity index (χ3v) is 5.08. The van der Waals surface area contributed by atoms with E-state index in [1.165, 1.54) is 11.3 Å².